The summed E-state index contributed by atoms with van der Waals surface area (Å²) in [4.78, 5) is 5.02. The Balaban J connectivity index is 1.89. The lowest BCUT2D eigenvalue weighted by Gasteiger charge is -2.45. The lowest BCUT2D eigenvalue weighted by Crippen LogP contribution is -2.56. The molecule has 0 radical (unpaired) electrons. The van der Waals surface area contributed by atoms with Gasteiger partial charge in [-0.25, -0.2) is 0 Å². The second-order valence-electron chi connectivity index (χ2n) is 7.20. The maximum absolute atomic E-state index is 6.31. The summed E-state index contributed by atoms with van der Waals surface area (Å²) >= 11 is 0. The maximum Gasteiger partial charge on any atom is 0.0367 e. The van der Waals surface area contributed by atoms with Gasteiger partial charge in [0.05, 0.1) is 0 Å². The summed E-state index contributed by atoms with van der Waals surface area (Å²) in [5, 5.41) is 0. The molecule has 112 valence electrons. The second kappa shape index (κ2) is 5.74. The molecular formula is C17H29N3. The Labute approximate surface area is 123 Å². The third kappa shape index (κ3) is 3.53. The van der Waals surface area contributed by atoms with Crippen LogP contribution in [0.5, 0.6) is 0 Å². The number of hydrogen-bond acceptors (Lipinski definition) is 3. The third-order valence-corrected chi connectivity index (χ3v) is 4.86. The summed E-state index contributed by atoms with van der Waals surface area (Å²) in [6.45, 7) is 14.3. The van der Waals surface area contributed by atoms with Crippen LogP contribution in [0.3, 0.4) is 0 Å². The van der Waals surface area contributed by atoms with Gasteiger partial charge in [0, 0.05) is 44.0 Å². The second-order valence-corrected chi connectivity index (χ2v) is 7.20. The molecule has 1 aliphatic rings. The molecule has 3 nitrogen and oxygen atoms in total. The Morgan fingerprint density at radius 2 is 1.50 bits per heavy atom. The molecule has 3 heteroatoms. The van der Waals surface area contributed by atoms with Crippen molar-refractivity contribution in [2.75, 3.05) is 37.6 Å². The predicted molar refractivity (Wildman–Crippen MR) is 87.1 cm³/mol. The van der Waals surface area contributed by atoms with Gasteiger partial charge in [0.15, 0.2) is 0 Å². The molecule has 2 rings (SSSR count). The van der Waals surface area contributed by atoms with Crippen molar-refractivity contribution in [3.05, 3.63) is 30.3 Å². The van der Waals surface area contributed by atoms with Gasteiger partial charge >= 0.3 is 0 Å². The van der Waals surface area contributed by atoms with Crippen LogP contribution in [-0.2, 0) is 0 Å². The van der Waals surface area contributed by atoms with Crippen molar-refractivity contribution >= 4 is 5.69 Å². The number of rotatable bonds is 4. The minimum atomic E-state index is -0.149. The Morgan fingerprint density at radius 1 is 0.950 bits per heavy atom. The molecule has 1 aromatic carbocycles. The highest BCUT2D eigenvalue weighted by Gasteiger charge is 2.35. The van der Waals surface area contributed by atoms with Crippen LogP contribution in [0.25, 0.3) is 0 Å². The van der Waals surface area contributed by atoms with Crippen molar-refractivity contribution < 1.29 is 0 Å². The first-order valence-electron chi connectivity index (χ1n) is 7.61. The van der Waals surface area contributed by atoms with E-state index >= 15 is 0 Å². The predicted octanol–water partition coefficient (Wildman–Crippen LogP) is 2.57. The number of nitrogens with zero attached hydrogens (tertiary/aromatic N) is 2. The van der Waals surface area contributed by atoms with E-state index < -0.39 is 0 Å². The fraction of sp³-hybridized carbons (Fsp3) is 0.647. The van der Waals surface area contributed by atoms with E-state index in [2.05, 4.69) is 67.8 Å². The number of hydrogen-bond donors (Lipinski definition) is 1. The van der Waals surface area contributed by atoms with E-state index in [1.807, 2.05) is 0 Å². The quantitative estimate of drug-likeness (QED) is 0.916. The molecule has 1 heterocycles. The molecule has 0 spiro atoms. The fourth-order valence-electron chi connectivity index (χ4n) is 2.57. The monoisotopic (exact) mass is 275 g/mol. The van der Waals surface area contributed by atoms with Crippen LogP contribution in [0, 0.1) is 5.41 Å². The number of para-hydroxylation sites is 1. The van der Waals surface area contributed by atoms with Crippen molar-refractivity contribution in [3.8, 4) is 0 Å². The average molecular weight is 275 g/mol. The van der Waals surface area contributed by atoms with Gasteiger partial charge in [0.1, 0.15) is 0 Å². The average Bonchev–Trinajstić information content (AvgIpc) is 2.39. The SMILES string of the molecule is CC(C)(N)C(C)(C)CN1CCN(c2ccccc2)CC1. The van der Waals surface area contributed by atoms with Gasteiger partial charge in [0.2, 0.25) is 0 Å². The maximum atomic E-state index is 6.31. The molecule has 0 saturated carbocycles. The standard InChI is InChI=1S/C17H29N3/c1-16(2,17(3,4)18)14-19-10-12-20(13-11-19)15-8-6-5-7-9-15/h5-9H,10-14,18H2,1-4H3. The van der Waals surface area contributed by atoms with Crippen molar-refractivity contribution in [2.45, 2.75) is 33.2 Å². The van der Waals surface area contributed by atoms with Gasteiger partial charge in [-0.05, 0) is 31.4 Å². The third-order valence-electron chi connectivity index (χ3n) is 4.86. The Hall–Kier alpha value is -1.06. The Kier molecular flexibility index (Phi) is 4.40. The normalized spacial score (nSPS) is 18.4. The van der Waals surface area contributed by atoms with E-state index in [9.17, 15) is 0 Å². The first-order valence-corrected chi connectivity index (χ1v) is 7.61. The number of anilines is 1. The number of nitrogens with two attached hydrogens (primary N) is 1. The smallest absolute Gasteiger partial charge is 0.0367 e. The van der Waals surface area contributed by atoms with Crippen LogP contribution in [-0.4, -0.2) is 43.2 Å². The minimum Gasteiger partial charge on any atom is -0.369 e. The number of piperazine rings is 1. The summed E-state index contributed by atoms with van der Waals surface area (Å²) in [7, 11) is 0. The lowest BCUT2D eigenvalue weighted by molar-refractivity contribution is 0.109. The van der Waals surface area contributed by atoms with Gasteiger partial charge in [-0.3, -0.25) is 4.90 Å². The first kappa shape index (κ1) is 15.3. The molecule has 1 aliphatic heterocycles. The summed E-state index contributed by atoms with van der Waals surface area (Å²) in [5.74, 6) is 0. The van der Waals surface area contributed by atoms with Crippen LogP contribution in [0.2, 0.25) is 0 Å². The lowest BCUT2D eigenvalue weighted by atomic mass is 9.75. The zero-order valence-corrected chi connectivity index (χ0v) is 13.4. The topological polar surface area (TPSA) is 32.5 Å². The Bertz CT molecular complexity index is 412. The fourth-order valence-corrected chi connectivity index (χ4v) is 2.57. The molecule has 0 amide bonds. The van der Waals surface area contributed by atoms with Gasteiger partial charge in [-0.1, -0.05) is 32.0 Å². The summed E-state index contributed by atoms with van der Waals surface area (Å²) < 4.78 is 0. The molecule has 0 unspecified atom stereocenters. The molecule has 20 heavy (non-hydrogen) atoms. The summed E-state index contributed by atoms with van der Waals surface area (Å²) in [5.41, 5.74) is 7.63. The highest BCUT2D eigenvalue weighted by atomic mass is 15.3. The van der Waals surface area contributed by atoms with Crippen molar-refractivity contribution in [1.82, 2.24) is 4.90 Å². The molecule has 2 N–H and O–H groups in total. The van der Waals surface area contributed by atoms with E-state index in [1.165, 1.54) is 5.69 Å². The van der Waals surface area contributed by atoms with Gasteiger partial charge < -0.3 is 10.6 Å². The van der Waals surface area contributed by atoms with Crippen LogP contribution in [0.15, 0.2) is 30.3 Å². The van der Waals surface area contributed by atoms with Crippen LogP contribution in [0.4, 0.5) is 5.69 Å². The molecule has 0 aromatic heterocycles. The summed E-state index contributed by atoms with van der Waals surface area (Å²) in [6.07, 6.45) is 0. The molecule has 1 aromatic rings. The van der Waals surface area contributed by atoms with E-state index in [4.69, 9.17) is 5.73 Å². The zero-order valence-electron chi connectivity index (χ0n) is 13.4. The summed E-state index contributed by atoms with van der Waals surface area (Å²) in [6, 6.07) is 10.7. The molecule has 0 bridgehead atoms. The van der Waals surface area contributed by atoms with Crippen LogP contribution < -0.4 is 10.6 Å². The van der Waals surface area contributed by atoms with E-state index in [1.54, 1.807) is 0 Å². The molecule has 0 atom stereocenters. The van der Waals surface area contributed by atoms with Gasteiger partial charge in [0.25, 0.3) is 0 Å². The molecule has 0 aliphatic carbocycles. The van der Waals surface area contributed by atoms with Gasteiger partial charge in [-0.2, -0.15) is 0 Å². The minimum absolute atomic E-state index is 0.127. The molecule has 1 saturated heterocycles. The first-order chi connectivity index (χ1) is 9.29. The highest BCUT2D eigenvalue weighted by molar-refractivity contribution is 5.46. The van der Waals surface area contributed by atoms with E-state index in [0.29, 0.717) is 0 Å². The van der Waals surface area contributed by atoms with Crippen molar-refractivity contribution in [1.29, 1.82) is 0 Å². The van der Waals surface area contributed by atoms with Crippen molar-refractivity contribution in [2.24, 2.45) is 11.1 Å². The van der Waals surface area contributed by atoms with E-state index in [-0.39, 0.29) is 11.0 Å². The van der Waals surface area contributed by atoms with Crippen LogP contribution >= 0.6 is 0 Å². The molecular weight excluding hydrogens is 246 g/mol. The Morgan fingerprint density at radius 3 is 2.00 bits per heavy atom. The molecule has 1 fully saturated rings. The van der Waals surface area contributed by atoms with Crippen molar-refractivity contribution in [3.63, 3.8) is 0 Å². The largest absolute Gasteiger partial charge is 0.369 e. The number of benzene rings is 1. The van der Waals surface area contributed by atoms with E-state index in [0.717, 1.165) is 32.7 Å². The van der Waals surface area contributed by atoms with Gasteiger partial charge in [-0.15, -0.1) is 0 Å². The zero-order chi connectivity index (χ0) is 14.8. The highest BCUT2D eigenvalue weighted by Crippen LogP contribution is 2.29. The van der Waals surface area contributed by atoms with Crippen LogP contribution in [0.1, 0.15) is 27.7 Å².